The summed E-state index contributed by atoms with van der Waals surface area (Å²) >= 11 is 5.91. The topological polar surface area (TPSA) is 30.0 Å². The first kappa shape index (κ1) is 19.1. The Kier molecular flexibility index (Phi) is 5.72. The minimum absolute atomic E-state index is 0.147. The maximum Gasteiger partial charge on any atom is 0.136 e. The van der Waals surface area contributed by atoms with Crippen LogP contribution in [0.5, 0.6) is 0 Å². The highest BCUT2D eigenvalue weighted by atomic mass is 35.5. The fourth-order valence-corrected chi connectivity index (χ4v) is 4.47. The van der Waals surface area contributed by atoms with E-state index in [9.17, 15) is 9.18 Å². The van der Waals surface area contributed by atoms with Crippen molar-refractivity contribution in [1.82, 2.24) is 4.98 Å². The van der Waals surface area contributed by atoms with Crippen LogP contribution in [0.4, 0.5) is 4.39 Å². The number of hydrogen-bond acceptors (Lipinski definition) is 2. The lowest BCUT2D eigenvalue weighted by molar-refractivity contribution is -0.123. The smallest absolute Gasteiger partial charge is 0.136 e. The lowest BCUT2D eigenvalue weighted by Crippen LogP contribution is -2.21. The third kappa shape index (κ3) is 4.25. The predicted molar refractivity (Wildman–Crippen MR) is 111 cm³/mol. The molecule has 0 amide bonds. The average Bonchev–Trinajstić information content (AvgIpc) is 2.73. The molecule has 0 unspecified atom stereocenters. The molecule has 1 saturated carbocycles. The number of pyridine rings is 1. The van der Waals surface area contributed by atoms with Gasteiger partial charge in [0.25, 0.3) is 0 Å². The zero-order valence-electron chi connectivity index (χ0n) is 15.7. The summed E-state index contributed by atoms with van der Waals surface area (Å²) in [5, 5.41) is 1.62. The summed E-state index contributed by atoms with van der Waals surface area (Å²) in [6, 6.07) is 14.5. The summed E-state index contributed by atoms with van der Waals surface area (Å²) in [5.41, 5.74) is 3.15. The van der Waals surface area contributed by atoms with Crippen molar-refractivity contribution in [3.8, 4) is 0 Å². The van der Waals surface area contributed by atoms with Gasteiger partial charge in [0.15, 0.2) is 0 Å². The second-order valence-corrected chi connectivity index (χ2v) is 8.14. The van der Waals surface area contributed by atoms with Crippen molar-refractivity contribution in [2.75, 3.05) is 0 Å². The second kappa shape index (κ2) is 8.40. The number of benzene rings is 2. The number of aryl methyl sites for hydroxylation is 1. The Labute approximate surface area is 169 Å². The molecule has 2 nitrogen and oxygen atoms in total. The van der Waals surface area contributed by atoms with Gasteiger partial charge in [0, 0.05) is 28.9 Å². The third-order valence-corrected chi connectivity index (χ3v) is 6.18. The molecule has 0 N–H and O–H groups in total. The van der Waals surface area contributed by atoms with E-state index in [1.807, 2.05) is 30.3 Å². The molecule has 144 valence electrons. The van der Waals surface area contributed by atoms with Crippen LogP contribution < -0.4 is 0 Å². The highest BCUT2D eigenvalue weighted by molar-refractivity contribution is 6.30. The van der Waals surface area contributed by atoms with E-state index in [0.717, 1.165) is 59.2 Å². The van der Waals surface area contributed by atoms with Gasteiger partial charge in [0.05, 0.1) is 5.52 Å². The Morgan fingerprint density at radius 3 is 2.54 bits per heavy atom. The van der Waals surface area contributed by atoms with Gasteiger partial charge in [0.2, 0.25) is 0 Å². The van der Waals surface area contributed by atoms with Crippen molar-refractivity contribution in [1.29, 1.82) is 0 Å². The van der Waals surface area contributed by atoms with Crippen molar-refractivity contribution in [3.05, 3.63) is 76.7 Å². The number of halogens is 2. The van der Waals surface area contributed by atoms with Crippen LogP contribution >= 0.6 is 11.6 Å². The van der Waals surface area contributed by atoms with Crippen molar-refractivity contribution >= 4 is 28.3 Å². The normalized spacial score (nSPS) is 19.6. The number of fused-ring (bicyclic) bond motifs is 1. The Morgan fingerprint density at radius 2 is 1.79 bits per heavy atom. The molecule has 1 aliphatic rings. The summed E-state index contributed by atoms with van der Waals surface area (Å²) < 4.78 is 13.7. The van der Waals surface area contributed by atoms with E-state index in [0.29, 0.717) is 18.1 Å². The maximum absolute atomic E-state index is 13.7. The highest BCUT2D eigenvalue weighted by Gasteiger charge is 2.27. The fourth-order valence-electron chi connectivity index (χ4n) is 4.34. The molecule has 28 heavy (non-hydrogen) atoms. The molecule has 2 aromatic carbocycles. The predicted octanol–water partition coefficient (Wildman–Crippen LogP) is 6.50. The van der Waals surface area contributed by atoms with Gasteiger partial charge in [-0.2, -0.15) is 0 Å². The van der Waals surface area contributed by atoms with E-state index in [-0.39, 0.29) is 11.7 Å². The first-order chi connectivity index (χ1) is 13.6. The Bertz CT molecular complexity index is 978. The van der Waals surface area contributed by atoms with Crippen LogP contribution in [0.15, 0.2) is 54.7 Å². The van der Waals surface area contributed by atoms with Crippen LogP contribution in [-0.4, -0.2) is 10.8 Å². The van der Waals surface area contributed by atoms with Crippen LogP contribution in [0, 0.1) is 11.7 Å². The number of aromatic nitrogens is 1. The van der Waals surface area contributed by atoms with Crippen molar-refractivity contribution in [3.63, 3.8) is 0 Å². The van der Waals surface area contributed by atoms with Gasteiger partial charge in [-0.25, -0.2) is 4.39 Å². The van der Waals surface area contributed by atoms with Crippen molar-refractivity contribution in [2.24, 2.45) is 5.92 Å². The van der Waals surface area contributed by atoms with E-state index in [4.69, 9.17) is 11.6 Å². The molecule has 1 fully saturated rings. The number of rotatable bonds is 5. The number of carbonyl (C=O) groups is 1. The molecule has 0 radical (unpaired) electrons. The van der Waals surface area contributed by atoms with E-state index in [1.54, 1.807) is 18.3 Å². The van der Waals surface area contributed by atoms with Crippen LogP contribution in [0.2, 0.25) is 5.02 Å². The Balaban J connectivity index is 1.37. The van der Waals surface area contributed by atoms with Crippen LogP contribution in [0.25, 0.3) is 10.9 Å². The van der Waals surface area contributed by atoms with E-state index in [2.05, 4.69) is 4.98 Å². The minimum atomic E-state index is -0.229. The first-order valence-corrected chi connectivity index (χ1v) is 10.3. The van der Waals surface area contributed by atoms with Gasteiger partial charge in [-0.1, -0.05) is 23.7 Å². The summed E-state index contributed by atoms with van der Waals surface area (Å²) in [4.78, 5) is 17.0. The summed E-state index contributed by atoms with van der Waals surface area (Å²) in [5.74, 6) is 0.646. The van der Waals surface area contributed by atoms with Crippen molar-refractivity contribution < 1.29 is 9.18 Å². The van der Waals surface area contributed by atoms with Gasteiger partial charge < -0.3 is 0 Å². The van der Waals surface area contributed by atoms with Gasteiger partial charge in [-0.15, -0.1) is 0 Å². The molecular weight excluding hydrogens is 373 g/mol. The fraction of sp³-hybridized carbons (Fsp3) is 0.333. The Hall–Kier alpha value is -2.26. The summed E-state index contributed by atoms with van der Waals surface area (Å²) in [7, 11) is 0. The minimum Gasteiger partial charge on any atom is -0.299 e. The van der Waals surface area contributed by atoms with E-state index in [1.165, 1.54) is 6.07 Å². The molecular formula is C24H23ClFNO. The molecule has 4 rings (SSSR count). The van der Waals surface area contributed by atoms with Crippen LogP contribution in [0.3, 0.4) is 0 Å². The van der Waals surface area contributed by atoms with Gasteiger partial charge in [0.1, 0.15) is 11.6 Å². The zero-order valence-corrected chi connectivity index (χ0v) is 16.5. The third-order valence-electron chi connectivity index (χ3n) is 5.93. The lowest BCUT2D eigenvalue weighted by atomic mass is 9.76. The standard InChI is InChI=1S/C24H23ClFNO/c25-19-8-1-16(2-9-19)3-12-24(28)18-6-4-17(5-7-18)21-13-14-27-23-11-10-20(26)15-22(21)23/h1-2,8-11,13-15,17-18H,3-7,12H2. The van der Waals surface area contributed by atoms with Crippen molar-refractivity contribution in [2.45, 2.75) is 44.4 Å². The zero-order chi connectivity index (χ0) is 19.5. The number of carbonyl (C=O) groups excluding carboxylic acids is 1. The summed E-state index contributed by atoms with van der Waals surface area (Å²) in [6.45, 7) is 0. The van der Waals surface area contributed by atoms with E-state index < -0.39 is 0 Å². The number of hydrogen-bond donors (Lipinski definition) is 0. The van der Waals surface area contributed by atoms with Gasteiger partial charge in [-0.3, -0.25) is 9.78 Å². The molecule has 0 aliphatic heterocycles. The number of Topliss-reactive ketones (excluding diaryl/α,β-unsaturated/α-hetero) is 1. The quantitative estimate of drug-likeness (QED) is 0.493. The molecule has 1 aromatic heterocycles. The highest BCUT2D eigenvalue weighted by Crippen LogP contribution is 2.39. The molecule has 3 aromatic rings. The molecule has 0 spiro atoms. The largest absolute Gasteiger partial charge is 0.299 e. The van der Waals surface area contributed by atoms with Gasteiger partial charge in [-0.05, 0) is 85.5 Å². The molecule has 1 aliphatic carbocycles. The van der Waals surface area contributed by atoms with Crippen LogP contribution in [-0.2, 0) is 11.2 Å². The second-order valence-electron chi connectivity index (χ2n) is 7.70. The number of nitrogens with zero attached hydrogens (tertiary/aromatic N) is 1. The Morgan fingerprint density at radius 1 is 1.04 bits per heavy atom. The van der Waals surface area contributed by atoms with Gasteiger partial charge >= 0.3 is 0 Å². The average molecular weight is 396 g/mol. The number of ketones is 1. The SMILES string of the molecule is O=C(CCc1ccc(Cl)cc1)C1CCC(c2ccnc3ccc(F)cc23)CC1. The molecule has 4 heteroatoms. The maximum atomic E-state index is 13.7. The lowest BCUT2D eigenvalue weighted by Gasteiger charge is -2.28. The first-order valence-electron chi connectivity index (χ1n) is 9.91. The molecule has 0 atom stereocenters. The van der Waals surface area contributed by atoms with Crippen LogP contribution in [0.1, 0.15) is 49.1 Å². The molecule has 0 saturated heterocycles. The van der Waals surface area contributed by atoms with E-state index >= 15 is 0 Å². The molecule has 1 heterocycles. The monoisotopic (exact) mass is 395 g/mol. The molecule has 0 bridgehead atoms. The summed E-state index contributed by atoms with van der Waals surface area (Å²) in [6.07, 6.45) is 6.90.